The van der Waals surface area contributed by atoms with Gasteiger partial charge in [-0.2, -0.15) is 0 Å². The minimum atomic E-state index is 0.522. The molecular weight excluding hydrogens is 341 g/mol. The molecule has 0 spiro atoms. The Morgan fingerprint density at radius 3 is 2.12 bits per heavy atom. The van der Waals surface area contributed by atoms with Crippen molar-refractivity contribution in [2.45, 2.75) is 13.2 Å². The Morgan fingerprint density at radius 2 is 1.42 bits per heavy atom. The quantitative estimate of drug-likeness (QED) is 0.568. The molecule has 3 aromatic carbocycles. The van der Waals surface area contributed by atoms with E-state index in [4.69, 9.17) is 27.9 Å². The van der Waals surface area contributed by atoms with Gasteiger partial charge in [-0.05, 0) is 47.5 Å². The first-order valence-electron chi connectivity index (χ1n) is 7.65. The number of benzene rings is 3. The Morgan fingerprint density at radius 1 is 0.750 bits per heavy atom. The van der Waals surface area contributed by atoms with Crippen LogP contribution in [0.4, 0.5) is 5.69 Å². The second-order valence-corrected chi connectivity index (χ2v) is 6.24. The monoisotopic (exact) mass is 357 g/mol. The molecule has 0 fully saturated rings. The van der Waals surface area contributed by atoms with E-state index >= 15 is 0 Å². The Bertz CT molecular complexity index is 785. The summed E-state index contributed by atoms with van der Waals surface area (Å²) in [6, 6.07) is 23.4. The lowest BCUT2D eigenvalue weighted by atomic mass is 10.2. The maximum Gasteiger partial charge on any atom is 0.119 e. The van der Waals surface area contributed by atoms with Crippen LogP contribution in [0.15, 0.2) is 72.8 Å². The lowest BCUT2D eigenvalue weighted by Crippen LogP contribution is -2.00. The summed E-state index contributed by atoms with van der Waals surface area (Å²) in [6.07, 6.45) is 0. The normalized spacial score (nSPS) is 10.4. The average molecular weight is 358 g/mol. The van der Waals surface area contributed by atoms with Gasteiger partial charge < -0.3 is 10.1 Å². The Hall–Kier alpha value is -2.16. The first kappa shape index (κ1) is 16.7. The average Bonchev–Trinajstić information content (AvgIpc) is 2.61. The molecule has 1 N–H and O–H groups in total. The summed E-state index contributed by atoms with van der Waals surface area (Å²) in [5.74, 6) is 0.839. The zero-order valence-corrected chi connectivity index (χ0v) is 14.5. The van der Waals surface area contributed by atoms with E-state index in [1.54, 1.807) is 0 Å². The Kier molecular flexibility index (Phi) is 5.63. The van der Waals surface area contributed by atoms with Gasteiger partial charge in [0, 0.05) is 11.6 Å². The number of nitrogens with one attached hydrogen (secondary N) is 1. The molecule has 0 aliphatic carbocycles. The SMILES string of the molecule is Clc1ccc(COc2ccc(CNc3ccccc3Cl)cc2)cc1. The second-order valence-electron chi connectivity index (χ2n) is 5.39. The summed E-state index contributed by atoms with van der Waals surface area (Å²) in [4.78, 5) is 0. The number of ether oxygens (including phenoxy) is 1. The Labute approximate surface area is 152 Å². The molecule has 0 unspecified atom stereocenters. The summed E-state index contributed by atoms with van der Waals surface area (Å²) in [5.41, 5.74) is 3.18. The molecule has 122 valence electrons. The van der Waals surface area contributed by atoms with Crippen molar-refractivity contribution in [1.82, 2.24) is 0 Å². The van der Waals surface area contributed by atoms with Crippen molar-refractivity contribution < 1.29 is 4.74 Å². The molecule has 0 heterocycles. The van der Waals surface area contributed by atoms with Crippen molar-refractivity contribution in [2.75, 3.05) is 5.32 Å². The molecule has 0 radical (unpaired) electrons. The summed E-state index contributed by atoms with van der Waals surface area (Å²) < 4.78 is 5.78. The van der Waals surface area contributed by atoms with Crippen molar-refractivity contribution in [1.29, 1.82) is 0 Å². The molecule has 4 heteroatoms. The minimum Gasteiger partial charge on any atom is -0.489 e. The van der Waals surface area contributed by atoms with Crippen LogP contribution in [0.3, 0.4) is 0 Å². The Balaban J connectivity index is 1.53. The lowest BCUT2D eigenvalue weighted by molar-refractivity contribution is 0.306. The molecule has 0 aliphatic heterocycles. The van der Waals surface area contributed by atoms with E-state index in [1.165, 1.54) is 0 Å². The van der Waals surface area contributed by atoms with E-state index < -0.39 is 0 Å². The fourth-order valence-corrected chi connectivity index (χ4v) is 2.58. The summed E-state index contributed by atoms with van der Waals surface area (Å²) in [5, 5.41) is 4.78. The maximum absolute atomic E-state index is 6.13. The van der Waals surface area contributed by atoms with Crippen molar-refractivity contribution in [3.8, 4) is 5.75 Å². The highest BCUT2D eigenvalue weighted by atomic mass is 35.5. The summed E-state index contributed by atoms with van der Waals surface area (Å²) in [7, 11) is 0. The van der Waals surface area contributed by atoms with Crippen LogP contribution in [0.1, 0.15) is 11.1 Å². The highest BCUT2D eigenvalue weighted by Gasteiger charge is 2.00. The molecular formula is C20H17Cl2NO. The molecule has 0 bridgehead atoms. The molecule has 3 rings (SSSR count). The van der Waals surface area contributed by atoms with Gasteiger partial charge in [0.1, 0.15) is 12.4 Å². The predicted octanol–water partition coefficient (Wildman–Crippen LogP) is 6.18. The van der Waals surface area contributed by atoms with Gasteiger partial charge in [-0.1, -0.05) is 59.6 Å². The van der Waals surface area contributed by atoms with Crippen LogP contribution in [0.25, 0.3) is 0 Å². The van der Waals surface area contributed by atoms with Crippen molar-refractivity contribution in [3.05, 3.63) is 94.0 Å². The van der Waals surface area contributed by atoms with Gasteiger partial charge in [-0.25, -0.2) is 0 Å². The van der Waals surface area contributed by atoms with Crippen LogP contribution in [0.2, 0.25) is 10.0 Å². The smallest absolute Gasteiger partial charge is 0.119 e. The van der Waals surface area contributed by atoms with E-state index in [0.29, 0.717) is 13.2 Å². The standard InChI is InChI=1S/C20H17Cl2NO/c21-17-9-5-16(6-10-17)14-24-18-11-7-15(8-12-18)13-23-20-4-2-1-3-19(20)22/h1-12,23H,13-14H2. The van der Waals surface area contributed by atoms with E-state index in [0.717, 1.165) is 32.6 Å². The van der Waals surface area contributed by atoms with Crippen molar-refractivity contribution >= 4 is 28.9 Å². The van der Waals surface area contributed by atoms with Crippen LogP contribution < -0.4 is 10.1 Å². The van der Waals surface area contributed by atoms with Crippen LogP contribution in [0.5, 0.6) is 5.75 Å². The molecule has 0 atom stereocenters. The molecule has 3 aromatic rings. The van der Waals surface area contributed by atoms with Crippen LogP contribution in [0, 0.1) is 0 Å². The molecule has 0 saturated carbocycles. The third-order valence-corrected chi connectivity index (χ3v) is 4.18. The number of hydrogen-bond donors (Lipinski definition) is 1. The zero-order valence-electron chi connectivity index (χ0n) is 13.0. The van der Waals surface area contributed by atoms with Gasteiger partial charge in [-0.3, -0.25) is 0 Å². The predicted molar refractivity (Wildman–Crippen MR) is 101 cm³/mol. The molecule has 24 heavy (non-hydrogen) atoms. The van der Waals surface area contributed by atoms with Gasteiger partial charge in [0.25, 0.3) is 0 Å². The summed E-state index contributed by atoms with van der Waals surface area (Å²) in [6.45, 7) is 1.23. The van der Waals surface area contributed by atoms with E-state index in [-0.39, 0.29) is 0 Å². The third-order valence-electron chi connectivity index (χ3n) is 3.60. The molecule has 0 aliphatic rings. The first-order valence-corrected chi connectivity index (χ1v) is 8.41. The number of rotatable bonds is 6. The van der Waals surface area contributed by atoms with Gasteiger partial charge >= 0.3 is 0 Å². The van der Waals surface area contributed by atoms with Crippen LogP contribution in [-0.4, -0.2) is 0 Å². The molecule has 0 aromatic heterocycles. The highest BCUT2D eigenvalue weighted by molar-refractivity contribution is 6.33. The van der Waals surface area contributed by atoms with Crippen molar-refractivity contribution in [2.24, 2.45) is 0 Å². The third kappa shape index (κ3) is 4.67. The second kappa shape index (κ2) is 8.09. The fraction of sp³-hybridized carbons (Fsp3) is 0.100. The fourth-order valence-electron chi connectivity index (χ4n) is 2.25. The molecule has 2 nitrogen and oxygen atoms in total. The zero-order chi connectivity index (χ0) is 16.8. The van der Waals surface area contributed by atoms with Crippen LogP contribution in [-0.2, 0) is 13.2 Å². The van der Waals surface area contributed by atoms with E-state index in [2.05, 4.69) is 5.32 Å². The van der Waals surface area contributed by atoms with Gasteiger partial charge in [0.15, 0.2) is 0 Å². The lowest BCUT2D eigenvalue weighted by Gasteiger charge is -2.10. The van der Waals surface area contributed by atoms with Gasteiger partial charge in [0.2, 0.25) is 0 Å². The summed E-state index contributed by atoms with van der Waals surface area (Å²) >= 11 is 12.0. The van der Waals surface area contributed by atoms with Crippen molar-refractivity contribution in [3.63, 3.8) is 0 Å². The van der Waals surface area contributed by atoms with Crippen LogP contribution >= 0.6 is 23.2 Å². The van der Waals surface area contributed by atoms with E-state index in [1.807, 2.05) is 72.8 Å². The topological polar surface area (TPSA) is 21.3 Å². The largest absolute Gasteiger partial charge is 0.489 e. The van der Waals surface area contributed by atoms with Gasteiger partial charge in [-0.15, -0.1) is 0 Å². The number of anilines is 1. The number of halogens is 2. The minimum absolute atomic E-state index is 0.522. The molecule has 0 saturated heterocycles. The van der Waals surface area contributed by atoms with Gasteiger partial charge in [0.05, 0.1) is 10.7 Å². The number of para-hydroxylation sites is 1. The first-order chi connectivity index (χ1) is 11.7. The number of hydrogen-bond acceptors (Lipinski definition) is 2. The highest BCUT2D eigenvalue weighted by Crippen LogP contribution is 2.22. The van der Waals surface area contributed by atoms with E-state index in [9.17, 15) is 0 Å². The maximum atomic E-state index is 6.13. The molecule has 0 amide bonds.